The number of phenols is 2. The highest BCUT2D eigenvalue weighted by Crippen LogP contribution is 2.39. The lowest BCUT2D eigenvalue weighted by Gasteiger charge is -2.21. The minimum absolute atomic E-state index is 0.0782. The average Bonchev–Trinajstić information content (AvgIpc) is 2.61. The normalized spacial score (nSPS) is 20.5. The Labute approximate surface area is 135 Å². The van der Waals surface area contributed by atoms with Crippen LogP contribution in [0.1, 0.15) is 36.0 Å². The molecule has 1 aliphatic heterocycles. The number of ether oxygens (including phenoxy) is 1. The molecule has 0 amide bonds. The largest absolute Gasteiger partial charge is 0.504 e. The Hall–Kier alpha value is -2.49. The van der Waals surface area contributed by atoms with E-state index >= 15 is 0 Å². The Balaban J connectivity index is 1.92. The highest BCUT2D eigenvalue weighted by atomic mass is 16.5. The monoisotopic (exact) mass is 312 g/mol. The minimum atomic E-state index is -0.229. The molecule has 1 aliphatic rings. The first-order chi connectivity index (χ1) is 10.9. The van der Waals surface area contributed by atoms with Crippen LogP contribution in [0, 0.1) is 12.8 Å². The molecule has 0 aliphatic carbocycles. The first-order valence-electron chi connectivity index (χ1n) is 7.76. The molecule has 1 unspecified atom stereocenters. The minimum Gasteiger partial charge on any atom is -0.504 e. The van der Waals surface area contributed by atoms with Gasteiger partial charge in [0.25, 0.3) is 0 Å². The molecule has 2 aromatic carbocycles. The molecular weight excluding hydrogens is 292 g/mol. The van der Waals surface area contributed by atoms with Crippen LogP contribution >= 0.6 is 0 Å². The summed E-state index contributed by atoms with van der Waals surface area (Å²) in [5.41, 5.74) is 3.07. The Morgan fingerprint density at radius 2 is 1.91 bits per heavy atom. The van der Waals surface area contributed by atoms with Crippen molar-refractivity contribution in [2.75, 3.05) is 0 Å². The molecule has 2 atom stereocenters. The highest BCUT2D eigenvalue weighted by molar-refractivity contribution is 5.74. The first-order valence-corrected chi connectivity index (χ1v) is 7.76. The quantitative estimate of drug-likeness (QED) is 0.504. The predicted molar refractivity (Wildman–Crippen MR) is 86.8 cm³/mol. The van der Waals surface area contributed by atoms with Gasteiger partial charge in [-0.3, -0.25) is 4.79 Å². The number of aryl methyl sites for hydroxylation is 1. The maximum absolute atomic E-state index is 12.1. The van der Waals surface area contributed by atoms with Crippen LogP contribution in [0.15, 0.2) is 36.4 Å². The van der Waals surface area contributed by atoms with Crippen molar-refractivity contribution >= 4 is 5.97 Å². The van der Waals surface area contributed by atoms with Gasteiger partial charge >= 0.3 is 5.97 Å². The Bertz CT molecular complexity index is 751. The fourth-order valence-electron chi connectivity index (χ4n) is 3.17. The maximum atomic E-state index is 12.1. The number of phenolic OH excluding ortho intramolecular Hbond substituents is 2. The van der Waals surface area contributed by atoms with Crippen LogP contribution in [0.25, 0.3) is 0 Å². The molecule has 2 N–H and O–H groups in total. The number of aromatic hydroxyl groups is 2. The molecular formula is C19H20O4. The number of rotatable bonds is 2. The van der Waals surface area contributed by atoms with E-state index in [2.05, 4.69) is 13.0 Å². The molecule has 2 aromatic rings. The van der Waals surface area contributed by atoms with E-state index in [1.54, 1.807) is 12.1 Å². The van der Waals surface area contributed by atoms with Crippen molar-refractivity contribution in [1.29, 1.82) is 0 Å². The second kappa shape index (κ2) is 5.95. The number of hydrogen-bond donors (Lipinski definition) is 2. The molecule has 0 bridgehead atoms. The van der Waals surface area contributed by atoms with Crippen molar-refractivity contribution < 1.29 is 19.7 Å². The summed E-state index contributed by atoms with van der Waals surface area (Å²) < 4.78 is 5.46. The third-order valence-electron chi connectivity index (χ3n) is 4.55. The van der Waals surface area contributed by atoms with Gasteiger partial charge in [-0.2, -0.15) is 0 Å². The van der Waals surface area contributed by atoms with Gasteiger partial charge in [0.05, 0.1) is 0 Å². The van der Waals surface area contributed by atoms with E-state index in [0.717, 1.165) is 16.7 Å². The molecule has 120 valence electrons. The predicted octanol–water partition coefficient (Wildman–Crippen LogP) is 3.68. The molecule has 1 heterocycles. The van der Waals surface area contributed by atoms with Gasteiger partial charge in [0, 0.05) is 6.42 Å². The van der Waals surface area contributed by atoms with Gasteiger partial charge in [-0.15, -0.1) is 0 Å². The second-order valence-corrected chi connectivity index (χ2v) is 6.30. The maximum Gasteiger partial charge on any atom is 0.311 e. The van der Waals surface area contributed by atoms with Crippen LogP contribution in [0.5, 0.6) is 17.2 Å². The lowest BCUT2D eigenvalue weighted by atomic mass is 9.81. The lowest BCUT2D eigenvalue weighted by Crippen LogP contribution is -2.16. The first kappa shape index (κ1) is 15.4. The van der Waals surface area contributed by atoms with Gasteiger partial charge in [0.2, 0.25) is 0 Å². The summed E-state index contributed by atoms with van der Waals surface area (Å²) in [5, 5.41) is 19.1. The molecule has 3 rings (SSSR count). The van der Waals surface area contributed by atoms with Crippen molar-refractivity contribution in [3.8, 4) is 17.2 Å². The van der Waals surface area contributed by atoms with Crippen molar-refractivity contribution in [1.82, 2.24) is 0 Å². The second-order valence-electron chi connectivity index (χ2n) is 6.30. The highest BCUT2D eigenvalue weighted by Gasteiger charge is 2.29. The summed E-state index contributed by atoms with van der Waals surface area (Å²) in [6, 6.07) is 10.7. The van der Waals surface area contributed by atoms with Crippen LogP contribution in [-0.4, -0.2) is 16.2 Å². The molecule has 23 heavy (non-hydrogen) atoms. The number of fused-ring (bicyclic) bond motifs is 1. The van der Waals surface area contributed by atoms with E-state index in [4.69, 9.17) is 4.74 Å². The summed E-state index contributed by atoms with van der Waals surface area (Å²) in [6.45, 7) is 4.12. The SMILES string of the molecule is Cc1ccc2c(c1)C(C)[C@H](Cc1ccc(O)c(O)c1)CC(=O)O2. The van der Waals surface area contributed by atoms with E-state index in [9.17, 15) is 15.0 Å². The lowest BCUT2D eigenvalue weighted by molar-refractivity contribution is -0.135. The van der Waals surface area contributed by atoms with Crippen molar-refractivity contribution in [3.63, 3.8) is 0 Å². The summed E-state index contributed by atoms with van der Waals surface area (Å²) in [7, 11) is 0. The molecule has 0 spiro atoms. The van der Waals surface area contributed by atoms with Crippen LogP contribution in [0.3, 0.4) is 0 Å². The van der Waals surface area contributed by atoms with Crippen molar-refractivity contribution in [2.24, 2.45) is 5.92 Å². The van der Waals surface area contributed by atoms with Gasteiger partial charge < -0.3 is 14.9 Å². The van der Waals surface area contributed by atoms with Gasteiger partial charge in [-0.1, -0.05) is 30.7 Å². The zero-order chi connectivity index (χ0) is 16.6. The molecule has 0 saturated heterocycles. The number of carbonyl (C=O) groups is 1. The molecule has 4 heteroatoms. The standard InChI is InChI=1S/C19H20O4/c1-11-3-6-18-15(7-11)12(2)14(10-19(22)23-18)8-13-4-5-16(20)17(21)9-13/h3-7,9,12,14,20-21H,8,10H2,1-2H3/t12?,14-/m1/s1. The molecule has 0 saturated carbocycles. The molecule has 4 nitrogen and oxygen atoms in total. The average molecular weight is 312 g/mol. The van der Waals surface area contributed by atoms with Crippen LogP contribution in [-0.2, 0) is 11.2 Å². The van der Waals surface area contributed by atoms with Crippen molar-refractivity contribution in [2.45, 2.75) is 32.6 Å². The van der Waals surface area contributed by atoms with Crippen LogP contribution < -0.4 is 4.74 Å². The summed E-state index contributed by atoms with van der Waals surface area (Å²) >= 11 is 0. The van der Waals surface area contributed by atoms with E-state index in [0.29, 0.717) is 18.6 Å². The fraction of sp³-hybridized carbons (Fsp3) is 0.316. The fourth-order valence-corrected chi connectivity index (χ4v) is 3.17. The van der Waals surface area contributed by atoms with E-state index in [1.807, 2.05) is 19.1 Å². The van der Waals surface area contributed by atoms with Gasteiger partial charge in [0.1, 0.15) is 5.75 Å². The zero-order valence-electron chi connectivity index (χ0n) is 13.2. The number of esters is 1. The summed E-state index contributed by atoms with van der Waals surface area (Å²) in [4.78, 5) is 12.1. The molecule has 0 radical (unpaired) electrons. The molecule has 0 aromatic heterocycles. The molecule has 0 fully saturated rings. The van der Waals surface area contributed by atoms with Crippen LogP contribution in [0.4, 0.5) is 0 Å². The van der Waals surface area contributed by atoms with E-state index in [1.165, 1.54) is 6.07 Å². The van der Waals surface area contributed by atoms with Gasteiger partial charge in [-0.25, -0.2) is 0 Å². The number of benzene rings is 2. The van der Waals surface area contributed by atoms with Crippen LogP contribution in [0.2, 0.25) is 0 Å². The number of hydrogen-bond acceptors (Lipinski definition) is 4. The van der Waals surface area contributed by atoms with E-state index < -0.39 is 0 Å². The summed E-state index contributed by atoms with van der Waals surface area (Å²) in [6.07, 6.45) is 0.966. The van der Waals surface area contributed by atoms with E-state index in [-0.39, 0.29) is 29.3 Å². The topological polar surface area (TPSA) is 66.8 Å². The Morgan fingerprint density at radius 3 is 2.65 bits per heavy atom. The Kier molecular flexibility index (Phi) is 3.99. The zero-order valence-corrected chi connectivity index (χ0v) is 13.2. The third-order valence-corrected chi connectivity index (χ3v) is 4.55. The number of carbonyl (C=O) groups excluding carboxylic acids is 1. The van der Waals surface area contributed by atoms with Gasteiger partial charge in [-0.05, 0) is 54.5 Å². The summed E-state index contributed by atoms with van der Waals surface area (Å²) in [5.74, 6) is 0.379. The Morgan fingerprint density at radius 1 is 1.13 bits per heavy atom. The third kappa shape index (κ3) is 3.16. The van der Waals surface area contributed by atoms with Gasteiger partial charge in [0.15, 0.2) is 11.5 Å². The smallest absolute Gasteiger partial charge is 0.311 e. The van der Waals surface area contributed by atoms with Crippen molar-refractivity contribution in [3.05, 3.63) is 53.1 Å².